The molecule has 0 aliphatic rings. The van der Waals surface area contributed by atoms with Crippen molar-refractivity contribution >= 4 is 26.0 Å². The maximum Gasteiger partial charge on any atom is 0.339 e. The average molecular weight is 220 g/mol. The molecule has 0 rings (SSSR count). The monoisotopic (exact) mass is 219 g/mol. The average Bonchev–Trinajstić information content (AvgIpc) is 1.85. The van der Waals surface area contributed by atoms with E-state index < -0.39 is 19.9 Å². The van der Waals surface area contributed by atoms with Crippen molar-refractivity contribution in [3.63, 3.8) is 0 Å². The Balaban J connectivity index is 0. The predicted molar refractivity (Wildman–Crippen MR) is 44.2 cm³/mol. The molecule has 0 aliphatic carbocycles. The van der Waals surface area contributed by atoms with Gasteiger partial charge >= 0.3 is 13.6 Å². The first-order chi connectivity index (χ1) is 4.95. The van der Waals surface area contributed by atoms with E-state index in [2.05, 4.69) is 10.1 Å². The lowest BCUT2D eigenvalue weighted by Gasteiger charge is -2.03. The number of rotatable bonds is 4. The lowest BCUT2D eigenvalue weighted by Crippen LogP contribution is -2.24. The van der Waals surface area contributed by atoms with Gasteiger partial charge in [0.1, 0.15) is 0 Å². The standard InChI is InChI=1S/C4H10NO5P.ClH/c1-10-4(6)2-5-3-11(7,8)9;/h5H,2-3H2,1H3,(H2,7,8,9);1H. The van der Waals surface area contributed by atoms with Crippen molar-refractivity contribution in [3.8, 4) is 0 Å². The van der Waals surface area contributed by atoms with Crippen LogP contribution in [0.5, 0.6) is 0 Å². The Bertz CT molecular complexity index is 180. The Labute approximate surface area is 75.9 Å². The van der Waals surface area contributed by atoms with Crippen LogP contribution in [0.2, 0.25) is 0 Å². The van der Waals surface area contributed by atoms with Crippen LogP contribution in [0, 0.1) is 0 Å². The van der Waals surface area contributed by atoms with Crippen LogP contribution in [0.25, 0.3) is 0 Å². The summed E-state index contributed by atoms with van der Waals surface area (Å²) in [6.45, 7) is -0.193. The van der Waals surface area contributed by atoms with E-state index in [4.69, 9.17) is 9.79 Å². The molecule has 0 radical (unpaired) electrons. The highest BCUT2D eigenvalue weighted by Gasteiger charge is 2.12. The number of halogens is 1. The molecule has 0 aromatic rings. The molecule has 0 bridgehead atoms. The minimum Gasteiger partial charge on any atom is -0.468 e. The van der Waals surface area contributed by atoms with Crippen LogP contribution in [0.15, 0.2) is 0 Å². The third kappa shape index (κ3) is 9.87. The van der Waals surface area contributed by atoms with E-state index in [1.165, 1.54) is 7.11 Å². The van der Waals surface area contributed by atoms with E-state index in [1.807, 2.05) is 0 Å². The van der Waals surface area contributed by atoms with Gasteiger partial charge in [-0.25, -0.2) is 0 Å². The van der Waals surface area contributed by atoms with Gasteiger partial charge in [0.15, 0.2) is 0 Å². The number of hydrogen-bond donors (Lipinski definition) is 3. The molecule has 8 heteroatoms. The van der Waals surface area contributed by atoms with Gasteiger partial charge in [0.2, 0.25) is 0 Å². The maximum atomic E-state index is 10.4. The number of ether oxygens (including phenoxy) is 1. The molecule has 0 fully saturated rings. The summed E-state index contributed by atoms with van der Waals surface area (Å²) in [5.74, 6) is -0.557. The van der Waals surface area contributed by atoms with Crippen molar-refractivity contribution in [2.24, 2.45) is 0 Å². The van der Waals surface area contributed by atoms with Gasteiger partial charge in [-0.1, -0.05) is 0 Å². The minimum atomic E-state index is -4.05. The lowest BCUT2D eigenvalue weighted by molar-refractivity contribution is -0.139. The van der Waals surface area contributed by atoms with E-state index >= 15 is 0 Å². The summed E-state index contributed by atoms with van der Waals surface area (Å²) in [5.41, 5.74) is 0. The molecule has 0 amide bonds. The molecule has 0 spiro atoms. The van der Waals surface area contributed by atoms with Crippen LogP contribution in [0.1, 0.15) is 0 Å². The van der Waals surface area contributed by atoms with Gasteiger partial charge in [0, 0.05) is 0 Å². The second kappa shape index (κ2) is 6.39. The van der Waals surface area contributed by atoms with E-state index in [1.54, 1.807) is 0 Å². The molecule has 0 aromatic heterocycles. The summed E-state index contributed by atoms with van der Waals surface area (Å²) in [6.07, 6.45) is -0.512. The number of nitrogens with one attached hydrogen (secondary N) is 1. The Morgan fingerprint density at radius 3 is 2.42 bits per heavy atom. The number of hydrogen-bond acceptors (Lipinski definition) is 4. The molecule has 0 atom stereocenters. The molecule has 74 valence electrons. The van der Waals surface area contributed by atoms with Crippen LogP contribution < -0.4 is 5.32 Å². The first-order valence-corrected chi connectivity index (χ1v) is 4.57. The normalized spacial score (nSPS) is 10.2. The maximum absolute atomic E-state index is 10.4. The molecule has 0 saturated heterocycles. The zero-order valence-electron chi connectivity index (χ0n) is 6.39. The van der Waals surface area contributed by atoms with Crippen molar-refractivity contribution in [1.82, 2.24) is 5.32 Å². The second-order valence-electron chi connectivity index (χ2n) is 1.83. The fourth-order valence-corrected chi connectivity index (χ4v) is 0.779. The summed E-state index contributed by atoms with van der Waals surface area (Å²) >= 11 is 0. The Morgan fingerprint density at radius 1 is 1.58 bits per heavy atom. The van der Waals surface area contributed by atoms with Crippen LogP contribution in [0.4, 0.5) is 0 Å². The Hall–Kier alpha value is -0.130. The molecule has 0 aliphatic heterocycles. The van der Waals surface area contributed by atoms with Gasteiger partial charge in [-0.15, -0.1) is 12.4 Å². The molecule has 0 aromatic carbocycles. The zero-order valence-corrected chi connectivity index (χ0v) is 8.10. The Morgan fingerprint density at radius 2 is 2.08 bits per heavy atom. The minimum absolute atomic E-state index is 0. The summed E-state index contributed by atoms with van der Waals surface area (Å²) < 4.78 is 14.4. The quantitative estimate of drug-likeness (QED) is 0.428. The summed E-state index contributed by atoms with van der Waals surface area (Å²) in [7, 11) is -2.86. The van der Waals surface area contributed by atoms with Crippen molar-refractivity contribution < 1.29 is 23.9 Å². The second-order valence-corrected chi connectivity index (χ2v) is 3.47. The van der Waals surface area contributed by atoms with Crippen LogP contribution in [0.3, 0.4) is 0 Å². The summed E-state index contributed by atoms with van der Waals surface area (Å²) in [5, 5.41) is 2.24. The van der Waals surface area contributed by atoms with Crippen LogP contribution in [-0.2, 0) is 14.1 Å². The number of carbonyl (C=O) groups is 1. The van der Waals surface area contributed by atoms with Gasteiger partial charge in [-0.2, -0.15) is 0 Å². The number of carbonyl (C=O) groups excluding carboxylic acids is 1. The van der Waals surface area contributed by atoms with E-state index in [9.17, 15) is 9.36 Å². The SMILES string of the molecule is COC(=O)CNCP(=O)(O)O.Cl. The van der Waals surface area contributed by atoms with E-state index in [-0.39, 0.29) is 19.0 Å². The van der Waals surface area contributed by atoms with Gasteiger partial charge in [0.25, 0.3) is 0 Å². The van der Waals surface area contributed by atoms with Gasteiger partial charge in [0.05, 0.1) is 19.9 Å². The molecule has 3 N–H and O–H groups in total. The largest absolute Gasteiger partial charge is 0.468 e. The third-order valence-corrected chi connectivity index (χ3v) is 1.45. The molecule has 0 unspecified atom stereocenters. The highest BCUT2D eigenvalue weighted by atomic mass is 35.5. The fraction of sp³-hybridized carbons (Fsp3) is 0.750. The highest BCUT2D eigenvalue weighted by Crippen LogP contribution is 2.31. The smallest absolute Gasteiger partial charge is 0.339 e. The zero-order chi connectivity index (χ0) is 8.91. The number of esters is 1. The first kappa shape index (κ1) is 14.4. The van der Waals surface area contributed by atoms with Crippen molar-refractivity contribution in [2.45, 2.75) is 0 Å². The van der Waals surface area contributed by atoms with Crippen molar-refractivity contribution in [2.75, 3.05) is 19.9 Å². The Kier molecular flexibility index (Phi) is 7.67. The summed E-state index contributed by atoms with van der Waals surface area (Å²) in [4.78, 5) is 27.0. The summed E-state index contributed by atoms with van der Waals surface area (Å²) in [6, 6.07) is 0. The molecular weight excluding hydrogens is 208 g/mol. The van der Waals surface area contributed by atoms with Crippen LogP contribution in [-0.4, -0.2) is 35.7 Å². The van der Waals surface area contributed by atoms with Gasteiger partial charge < -0.3 is 14.5 Å². The molecule has 6 nitrogen and oxygen atoms in total. The molecule has 0 saturated carbocycles. The lowest BCUT2D eigenvalue weighted by atomic mass is 10.7. The van der Waals surface area contributed by atoms with Crippen molar-refractivity contribution in [3.05, 3.63) is 0 Å². The first-order valence-electron chi connectivity index (χ1n) is 2.78. The van der Waals surface area contributed by atoms with Gasteiger partial charge in [-0.3, -0.25) is 14.7 Å². The number of methoxy groups -OCH3 is 1. The third-order valence-electron chi connectivity index (χ3n) is 0.815. The molecular formula is C4H11ClNO5P. The van der Waals surface area contributed by atoms with Crippen LogP contribution >= 0.6 is 20.0 Å². The van der Waals surface area contributed by atoms with Gasteiger partial charge in [-0.05, 0) is 0 Å². The molecule has 0 heterocycles. The highest BCUT2D eigenvalue weighted by molar-refractivity contribution is 7.51. The van der Waals surface area contributed by atoms with E-state index in [0.717, 1.165) is 0 Å². The topological polar surface area (TPSA) is 95.9 Å². The van der Waals surface area contributed by atoms with Crippen molar-refractivity contribution in [1.29, 1.82) is 0 Å². The fourth-order valence-electron chi connectivity index (χ4n) is 0.376. The predicted octanol–water partition coefficient (Wildman–Crippen LogP) is -0.694. The molecule has 12 heavy (non-hydrogen) atoms. The van der Waals surface area contributed by atoms with E-state index in [0.29, 0.717) is 0 Å².